The first kappa shape index (κ1) is 11.9. The van der Waals surface area contributed by atoms with Crippen LogP contribution in [0.1, 0.15) is 34.8 Å². The van der Waals surface area contributed by atoms with Crippen molar-refractivity contribution in [3.05, 3.63) is 57.3 Å². The number of benzene rings is 1. The van der Waals surface area contributed by atoms with Gasteiger partial charge < -0.3 is 9.84 Å². The molecule has 0 bridgehead atoms. The smallest absolute Gasteiger partial charge is 0.0793 e. The number of rotatable bonds is 4. The molecule has 0 saturated carbocycles. The van der Waals surface area contributed by atoms with E-state index in [1.807, 2.05) is 6.07 Å². The van der Waals surface area contributed by atoms with Gasteiger partial charge in [-0.05, 0) is 51.9 Å². The summed E-state index contributed by atoms with van der Waals surface area (Å²) in [5, 5.41) is 14.4. The van der Waals surface area contributed by atoms with Crippen LogP contribution in [0, 0.1) is 0 Å². The molecule has 1 aliphatic rings. The van der Waals surface area contributed by atoms with Crippen LogP contribution in [0.3, 0.4) is 0 Å². The van der Waals surface area contributed by atoms with Gasteiger partial charge in [0.2, 0.25) is 0 Å². The molecule has 1 atom stereocenters. The van der Waals surface area contributed by atoms with Gasteiger partial charge in [-0.15, -0.1) is 0 Å². The summed E-state index contributed by atoms with van der Waals surface area (Å²) in [5.74, 6) is 0. The molecular formula is C15H16O2S. The molecule has 0 amide bonds. The van der Waals surface area contributed by atoms with Crippen LogP contribution in [-0.2, 0) is 24.4 Å². The van der Waals surface area contributed by atoms with Crippen LogP contribution >= 0.6 is 11.3 Å². The summed E-state index contributed by atoms with van der Waals surface area (Å²) in [4.78, 5) is 0. The summed E-state index contributed by atoms with van der Waals surface area (Å²) < 4.78 is 5.39. The number of aliphatic hydroxyl groups is 1. The lowest BCUT2D eigenvalue weighted by atomic mass is 9.99. The van der Waals surface area contributed by atoms with Gasteiger partial charge in [-0.3, -0.25) is 0 Å². The summed E-state index contributed by atoms with van der Waals surface area (Å²) in [6.07, 6.45) is 1.32. The minimum Gasteiger partial charge on any atom is -0.388 e. The van der Waals surface area contributed by atoms with E-state index in [-0.39, 0.29) is 6.10 Å². The van der Waals surface area contributed by atoms with Crippen LogP contribution in [0.15, 0.2) is 35.0 Å². The molecule has 0 aliphatic carbocycles. The van der Waals surface area contributed by atoms with Crippen LogP contribution in [0.25, 0.3) is 0 Å². The van der Waals surface area contributed by atoms with Crippen molar-refractivity contribution in [1.82, 2.24) is 0 Å². The van der Waals surface area contributed by atoms with Gasteiger partial charge in [0.15, 0.2) is 0 Å². The maximum Gasteiger partial charge on any atom is 0.0793 e. The van der Waals surface area contributed by atoms with E-state index in [4.69, 9.17) is 4.74 Å². The fourth-order valence-electron chi connectivity index (χ4n) is 2.30. The first-order chi connectivity index (χ1) is 8.83. The van der Waals surface area contributed by atoms with E-state index in [1.54, 1.807) is 11.3 Å². The first-order valence-electron chi connectivity index (χ1n) is 6.21. The molecule has 2 aromatic rings. The molecule has 0 fully saturated rings. The van der Waals surface area contributed by atoms with Crippen LogP contribution in [-0.4, -0.2) is 5.11 Å². The Morgan fingerprint density at radius 1 is 1.22 bits per heavy atom. The van der Waals surface area contributed by atoms with E-state index in [9.17, 15) is 5.11 Å². The zero-order valence-electron chi connectivity index (χ0n) is 10.1. The molecule has 0 radical (unpaired) electrons. The molecule has 1 aromatic heterocycles. The number of ether oxygens (including phenoxy) is 1. The lowest BCUT2D eigenvalue weighted by molar-refractivity contribution is 0.134. The zero-order valence-corrected chi connectivity index (χ0v) is 11.0. The third-order valence-electron chi connectivity index (χ3n) is 3.42. The maximum atomic E-state index is 10.2. The number of fused-ring (bicyclic) bond motifs is 1. The van der Waals surface area contributed by atoms with Crippen molar-refractivity contribution >= 4 is 11.3 Å². The summed E-state index contributed by atoms with van der Waals surface area (Å²) in [6.45, 7) is 1.39. The largest absolute Gasteiger partial charge is 0.388 e. The van der Waals surface area contributed by atoms with Crippen LogP contribution in [0.5, 0.6) is 0 Å². The number of thiophene rings is 1. The molecule has 1 aliphatic heterocycles. The summed E-state index contributed by atoms with van der Waals surface area (Å²) >= 11 is 1.71. The second-order valence-electron chi connectivity index (χ2n) is 4.71. The van der Waals surface area contributed by atoms with Gasteiger partial charge in [0.1, 0.15) is 0 Å². The Labute approximate surface area is 111 Å². The van der Waals surface area contributed by atoms with Crippen molar-refractivity contribution in [3.63, 3.8) is 0 Å². The monoisotopic (exact) mass is 260 g/mol. The Balaban J connectivity index is 1.67. The molecule has 0 saturated heterocycles. The summed E-state index contributed by atoms with van der Waals surface area (Å²) in [6, 6.07) is 8.30. The maximum absolute atomic E-state index is 10.2. The molecule has 1 aromatic carbocycles. The van der Waals surface area contributed by atoms with Gasteiger partial charge in [-0.2, -0.15) is 11.3 Å². The second-order valence-corrected chi connectivity index (χ2v) is 5.49. The Morgan fingerprint density at radius 2 is 2.11 bits per heavy atom. The Hall–Kier alpha value is -1.16. The number of aryl methyl sites for hydroxylation is 1. The normalized spacial score (nSPS) is 15.6. The fourth-order valence-corrected chi connectivity index (χ4v) is 3.01. The van der Waals surface area contributed by atoms with E-state index in [0.717, 1.165) is 18.4 Å². The standard InChI is InChI=1S/C15H16O2S/c16-15(4-1-11-5-6-18-10-11)12-2-3-13-8-17-9-14(13)7-12/h2-3,5-7,10,15-16H,1,4,8-9H2. The summed E-state index contributed by atoms with van der Waals surface area (Å²) in [7, 11) is 0. The SMILES string of the molecule is OC(CCc1ccsc1)c1ccc2c(c1)COC2. The van der Waals surface area contributed by atoms with Gasteiger partial charge in [-0.25, -0.2) is 0 Å². The van der Waals surface area contributed by atoms with E-state index >= 15 is 0 Å². The van der Waals surface area contributed by atoms with Gasteiger partial charge in [0, 0.05) is 0 Å². The Morgan fingerprint density at radius 3 is 2.94 bits per heavy atom. The number of aliphatic hydroxyl groups excluding tert-OH is 1. The van der Waals surface area contributed by atoms with E-state index < -0.39 is 0 Å². The molecule has 2 nitrogen and oxygen atoms in total. The topological polar surface area (TPSA) is 29.5 Å². The molecular weight excluding hydrogens is 244 g/mol. The lowest BCUT2D eigenvalue weighted by Crippen LogP contribution is -2.00. The molecule has 3 rings (SSSR count). The minimum atomic E-state index is -0.379. The van der Waals surface area contributed by atoms with E-state index in [1.165, 1.54) is 16.7 Å². The Bertz CT molecular complexity index is 519. The fraction of sp³-hybridized carbons (Fsp3) is 0.333. The third kappa shape index (κ3) is 2.48. The highest BCUT2D eigenvalue weighted by atomic mass is 32.1. The molecule has 1 unspecified atom stereocenters. The molecule has 0 spiro atoms. The number of hydrogen-bond donors (Lipinski definition) is 1. The molecule has 3 heteroatoms. The van der Waals surface area contributed by atoms with Gasteiger partial charge >= 0.3 is 0 Å². The third-order valence-corrected chi connectivity index (χ3v) is 4.15. The molecule has 1 N–H and O–H groups in total. The zero-order chi connectivity index (χ0) is 12.4. The van der Waals surface area contributed by atoms with Crippen molar-refractivity contribution in [3.8, 4) is 0 Å². The minimum absolute atomic E-state index is 0.379. The van der Waals surface area contributed by atoms with Crippen LogP contribution < -0.4 is 0 Å². The molecule has 2 heterocycles. The van der Waals surface area contributed by atoms with Gasteiger partial charge in [-0.1, -0.05) is 18.2 Å². The molecule has 94 valence electrons. The van der Waals surface area contributed by atoms with E-state index in [0.29, 0.717) is 13.2 Å². The van der Waals surface area contributed by atoms with Crippen molar-refractivity contribution in [1.29, 1.82) is 0 Å². The first-order valence-corrected chi connectivity index (χ1v) is 7.16. The van der Waals surface area contributed by atoms with Gasteiger partial charge in [0.05, 0.1) is 19.3 Å². The highest BCUT2D eigenvalue weighted by Crippen LogP contribution is 2.26. The van der Waals surface area contributed by atoms with Crippen molar-refractivity contribution in [2.24, 2.45) is 0 Å². The predicted octanol–water partition coefficient (Wildman–Crippen LogP) is 3.44. The van der Waals surface area contributed by atoms with Crippen molar-refractivity contribution < 1.29 is 9.84 Å². The van der Waals surface area contributed by atoms with Gasteiger partial charge in [0.25, 0.3) is 0 Å². The molecule has 18 heavy (non-hydrogen) atoms. The number of hydrogen-bond acceptors (Lipinski definition) is 3. The Kier molecular flexibility index (Phi) is 3.46. The van der Waals surface area contributed by atoms with E-state index in [2.05, 4.69) is 29.0 Å². The predicted molar refractivity (Wildman–Crippen MR) is 72.5 cm³/mol. The summed E-state index contributed by atoms with van der Waals surface area (Å²) in [5.41, 5.74) is 4.80. The van der Waals surface area contributed by atoms with Crippen LogP contribution in [0.2, 0.25) is 0 Å². The highest BCUT2D eigenvalue weighted by Gasteiger charge is 2.14. The quantitative estimate of drug-likeness (QED) is 0.912. The second kappa shape index (κ2) is 5.22. The lowest BCUT2D eigenvalue weighted by Gasteiger charge is -2.11. The highest BCUT2D eigenvalue weighted by molar-refractivity contribution is 7.07. The average Bonchev–Trinajstić information content (AvgIpc) is 3.05. The average molecular weight is 260 g/mol. The van der Waals surface area contributed by atoms with Crippen molar-refractivity contribution in [2.45, 2.75) is 32.2 Å². The van der Waals surface area contributed by atoms with Crippen molar-refractivity contribution in [2.75, 3.05) is 0 Å². The van der Waals surface area contributed by atoms with Crippen LogP contribution in [0.4, 0.5) is 0 Å².